The molecule has 0 unspecified atom stereocenters. The summed E-state index contributed by atoms with van der Waals surface area (Å²) in [5.74, 6) is -0.660. The van der Waals surface area contributed by atoms with Crippen LogP contribution in [0.3, 0.4) is 0 Å². The highest BCUT2D eigenvalue weighted by molar-refractivity contribution is 6.35. The first kappa shape index (κ1) is 17.1. The van der Waals surface area contributed by atoms with Crippen LogP contribution in [0, 0.1) is 5.92 Å². The van der Waals surface area contributed by atoms with Gasteiger partial charge in [0.1, 0.15) is 0 Å². The summed E-state index contributed by atoms with van der Waals surface area (Å²) in [6.07, 6.45) is 1.64. The number of halogens is 2. The van der Waals surface area contributed by atoms with Crippen LogP contribution in [0.25, 0.3) is 0 Å². The molecule has 0 saturated carbocycles. The number of hydrogen-bond donors (Lipinski definition) is 2. The topological polar surface area (TPSA) is 75.4 Å². The van der Waals surface area contributed by atoms with Crippen LogP contribution in [0.5, 0.6) is 0 Å². The Morgan fingerprint density at radius 2 is 1.95 bits per heavy atom. The second-order valence-electron chi connectivity index (χ2n) is 5.56. The van der Waals surface area contributed by atoms with Crippen molar-refractivity contribution in [1.82, 2.24) is 4.90 Å². The van der Waals surface area contributed by atoms with Gasteiger partial charge in [-0.25, -0.2) is 0 Å². The highest BCUT2D eigenvalue weighted by Gasteiger charge is 2.29. The number of piperidine rings is 1. The van der Waals surface area contributed by atoms with E-state index in [2.05, 4.69) is 5.32 Å². The maximum Gasteiger partial charge on any atom is 0.241 e. The van der Waals surface area contributed by atoms with Crippen molar-refractivity contribution in [2.75, 3.05) is 18.4 Å². The van der Waals surface area contributed by atoms with Crippen molar-refractivity contribution in [1.29, 1.82) is 0 Å². The van der Waals surface area contributed by atoms with Crippen LogP contribution in [0.2, 0.25) is 10.0 Å². The average molecular weight is 344 g/mol. The van der Waals surface area contributed by atoms with Crippen molar-refractivity contribution in [2.45, 2.75) is 25.8 Å². The third-order valence-corrected chi connectivity index (χ3v) is 4.35. The lowest BCUT2D eigenvalue weighted by molar-refractivity contribution is -0.127. The number of hydrogen-bond acceptors (Lipinski definition) is 3. The third-order valence-electron chi connectivity index (χ3n) is 3.91. The predicted octanol–water partition coefficient (Wildman–Crippen LogP) is 2.52. The summed E-state index contributed by atoms with van der Waals surface area (Å²) in [6.45, 7) is 3.10. The van der Waals surface area contributed by atoms with Gasteiger partial charge in [-0.15, -0.1) is 0 Å². The largest absolute Gasteiger partial charge is 0.369 e. The molecular formula is C15H19Cl2N3O2. The van der Waals surface area contributed by atoms with Gasteiger partial charge in [-0.2, -0.15) is 0 Å². The lowest BCUT2D eigenvalue weighted by Crippen LogP contribution is -2.49. The van der Waals surface area contributed by atoms with Crippen molar-refractivity contribution in [3.05, 3.63) is 28.2 Å². The summed E-state index contributed by atoms with van der Waals surface area (Å²) < 4.78 is 0. The molecule has 1 aromatic rings. The minimum atomic E-state index is -0.361. The van der Waals surface area contributed by atoms with Gasteiger partial charge in [0.05, 0.1) is 12.0 Å². The zero-order valence-electron chi connectivity index (χ0n) is 12.3. The quantitative estimate of drug-likeness (QED) is 0.881. The molecule has 22 heavy (non-hydrogen) atoms. The molecule has 5 nitrogen and oxygen atoms in total. The molecule has 2 rings (SSSR count). The number of likely N-dealkylation sites (tertiary alicyclic amines) is 1. The number of carbonyl (C=O) groups excluding carboxylic acids is 2. The number of primary amides is 1. The van der Waals surface area contributed by atoms with Crippen molar-refractivity contribution >= 4 is 40.7 Å². The molecule has 1 saturated heterocycles. The number of anilines is 1. The molecule has 0 aromatic heterocycles. The lowest BCUT2D eigenvalue weighted by atomic mass is 9.96. The summed E-state index contributed by atoms with van der Waals surface area (Å²) in [7, 11) is 0. The van der Waals surface area contributed by atoms with Crippen LogP contribution in [-0.4, -0.2) is 35.8 Å². The Labute approximate surface area is 139 Å². The van der Waals surface area contributed by atoms with E-state index in [1.807, 2.05) is 11.8 Å². The Balaban J connectivity index is 2.00. The molecule has 1 aromatic carbocycles. The van der Waals surface area contributed by atoms with Gasteiger partial charge < -0.3 is 11.1 Å². The molecule has 120 valence electrons. The van der Waals surface area contributed by atoms with Crippen molar-refractivity contribution in [2.24, 2.45) is 11.7 Å². The normalized spacial score (nSPS) is 20.4. The van der Waals surface area contributed by atoms with Crippen LogP contribution >= 0.6 is 23.2 Å². The second-order valence-corrected chi connectivity index (χ2v) is 6.43. The van der Waals surface area contributed by atoms with Crippen LogP contribution in [0.4, 0.5) is 5.69 Å². The maximum absolute atomic E-state index is 12.4. The maximum atomic E-state index is 12.4. The number of rotatable bonds is 4. The van der Waals surface area contributed by atoms with E-state index in [4.69, 9.17) is 28.9 Å². The van der Waals surface area contributed by atoms with E-state index in [0.717, 1.165) is 19.4 Å². The molecule has 0 spiro atoms. The number of nitrogens with two attached hydrogens (primary N) is 1. The first-order valence-corrected chi connectivity index (χ1v) is 7.92. The SMILES string of the molecule is C[C@@H](C(=O)Nc1cc(Cl)cc(Cl)c1)N1CCC[C@H](C(N)=O)C1. The minimum Gasteiger partial charge on any atom is -0.369 e. The minimum absolute atomic E-state index is 0.163. The van der Waals surface area contributed by atoms with E-state index < -0.39 is 0 Å². The number of nitrogens with one attached hydrogen (secondary N) is 1. The van der Waals surface area contributed by atoms with E-state index in [1.165, 1.54) is 0 Å². The fourth-order valence-electron chi connectivity index (χ4n) is 2.63. The Morgan fingerprint density at radius 3 is 2.55 bits per heavy atom. The van der Waals surface area contributed by atoms with E-state index in [9.17, 15) is 9.59 Å². The fourth-order valence-corrected chi connectivity index (χ4v) is 3.15. The first-order chi connectivity index (χ1) is 10.4. The van der Waals surface area contributed by atoms with Gasteiger partial charge in [0.25, 0.3) is 0 Å². The fraction of sp³-hybridized carbons (Fsp3) is 0.467. The van der Waals surface area contributed by atoms with Gasteiger partial charge >= 0.3 is 0 Å². The number of carbonyl (C=O) groups is 2. The van der Waals surface area contributed by atoms with Crippen LogP contribution in [-0.2, 0) is 9.59 Å². The molecule has 1 aliphatic rings. The van der Waals surface area contributed by atoms with Crippen LogP contribution < -0.4 is 11.1 Å². The third kappa shape index (κ3) is 4.35. The summed E-state index contributed by atoms with van der Waals surface area (Å²) in [5, 5.41) is 3.72. The zero-order valence-corrected chi connectivity index (χ0v) is 13.8. The summed E-state index contributed by atoms with van der Waals surface area (Å²) in [6, 6.07) is 4.52. The smallest absolute Gasteiger partial charge is 0.241 e. The summed E-state index contributed by atoms with van der Waals surface area (Å²) >= 11 is 11.8. The lowest BCUT2D eigenvalue weighted by Gasteiger charge is -2.34. The molecule has 2 amide bonds. The summed E-state index contributed by atoms with van der Waals surface area (Å²) in [4.78, 5) is 25.7. The predicted molar refractivity (Wildman–Crippen MR) is 88.0 cm³/mol. The first-order valence-electron chi connectivity index (χ1n) is 7.17. The molecule has 3 N–H and O–H groups in total. The standard InChI is InChI=1S/C15H19Cl2N3O2/c1-9(20-4-2-3-10(8-20)14(18)21)15(22)19-13-6-11(16)5-12(17)7-13/h5-7,9-10H,2-4,8H2,1H3,(H2,18,21)(H,19,22)/t9-,10-/m0/s1. The van der Waals surface area contributed by atoms with Gasteiger partial charge in [0, 0.05) is 22.3 Å². The molecule has 2 atom stereocenters. The Kier molecular flexibility index (Phi) is 5.67. The van der Waals surface area contributed by atoms with Crippen molar-refractivity contribution < 1.29 is 9.59 Å². The van der Waals surface area contributed by atoms with Gasteiger partial charge in [0.15, 0.2) is 0 Å². The average Bonchev–Trinajstić information content (AvgIpc) is 2.45. The Bertz CT molecular complexity index is 560. The van der Waals surface area contributed by atoms with Crippen molar-refractivity contribution in [3.63, 3.8) is 0 Å². The van der Waals surface area contributed by atoms with E-state index in [1.54, 1.807) is 18.2 Å². The monoisotopic (exact) mass is 343 g/mol. The zero-order chi connectivity index (χ0) is 16.3. The van der Waals surface area contributed by atoms with Gasteiger partial charge in [-0.3, -0.25) is 14.5 Å². The highest BCUT2D eigenvalue weighted by atomic mass is 35.5. The number of benzene rings is 1. The van der Waals surface area contributed by atoms with E-state index >= 15 is 0 Å². The molecular weight excluding hydrogens is 325 g/mol. The number of amides is 2. The molecule has 7 heteroatoms. The molecule has 0 aliphatic carbocycles. The highest BCUT2D eigenvalue weighted by Crippen LogP contribution is 2.23. The molecule has 0 radical (unpaired) electrons. The van der Waals surface area contributed by atoms with Crippen molar-refractivity contribution in [3.8, 4) is 0 Å². The van der Waals surface area contributed by atoms with E-state index in [0.29, 0.717) is 22.3 Å². The van der Waals surface area contributed by atoms with Gasteiger partial charge in [-0.1, -0.05) is 23.2 Å². The van der Waals surface area contributed by atoms with E-state index in [-0.39, 0.29) is 23.8 Å². The van der Waals surface area contributed by atoms with Gasteiger partial charge in [-0.05, 0) is 44.5 Å². The molecule has 1 fully saturated rings. The summed E-state index contributed by atoms with van der Waals surface area (Å²) in [5.41, 5.74) is 5.92. The molecule has 0 bridgehead atoms. The molecule has 1 aliphatic heterocycles. The molecule has 1 heterocycles. The van der Waals surface area contributed by atoms with Crippen LogP contribution in [0.1, 0.15) is 19.8 Å². The van der Waals surface area contributed by atoms with Gasteiger partial charge in [0.2, 0.25) is 11.8 Å². The Morgan fingerprint density at radius 1 is 1.32 bits per heavy atom. The van der Waals surface area contributed by atoms with Crippen LogP contribution in [0.15, 0.2) is 18.2 Å². The Hall–Kier alpha value is -1.30. The second kappa shape index (κ2) is 7.31. The number of nitrogens with zero attached hydrogens (tertiary/aromatic N) is 1.